The van der Waals surface area contributed by atoms with Crippen LogP contribution in [0.4, 0.5) is 5.69 Å². The lowest BCUT2D eigenvalue weighted by Gasteiger charge is -2.27. The first-order chi connectivity index (χ1) is 14.6. The maximum Gasteiger partial charge on any atom is 0.217 e. The van der Waals surface area contributed by atoms with Gasteiger partial charge in [0.25, 0.3) is 0 Å². The Bertz CT molecular complexity index is 1220. The highest BCUT2D eigenvalue weighted by Gasteiger charge is 2.41. The van der Waals surface area contributed by atoms with Gasteiger partial charge in [-0.2, -0.15) is 5.10 Å². The van der Waals surface area contributed by atoms with Crippen LogP contribution in [0, 0.1) is 0 Å². The normalized spacial score (nSPS) is 17.5. The van der Waals surface area contributed by atoms with Crippen LogP contribution < -0.4 is 9.58 Å². The van der Waals surface area contributed by atoms with E-state index in [0.717, 1.165) is 12.7 Å². The first kappa shape index (κ1) is 22.9. The maximum absolute atomic E-state index is 9.22. The molecule has 0 bridgehead atoms. The smallest absolute Gasteiger partial charge is 0.217 e. The molecule has 1 aliphatic rings. The number of hydrogen-bond donors (Lipinski definition) is 0. The third-order valence-electron chi connectivity index (χ3n) is 5.85. The number of para-hydroxylation sites is 2. The number of benzene rings is 2. The van der Waals surface area contributed by atoms with Crippen LogP contribution in [0.5, 0.6) is 0 Å². The van der Waals surface area contributed by atoms with E-state index in [-0.39, 0.29) is 5.41 Å². The second kappa shape index (κ2) is 8.74. The summed E-state index contributed by atoms with van der Waals surface area (Å²) >= 11 is 0. The van der Waals surface area contributed by atoms with Crippen molar-refractivity contribution in [2.24, 2.45) is 12.1 Å². The molecule has 0 aliphatic carbocycles. The molecule has 4 rings (SSSR count). The molecule has 1 unspecified atom stereocenters. The molecule has 0 saturated carbocycles. The van der Waals surface area contributed by atoms with Gasteiger partial charge >= 0.3 is 0 Å². The van der Waals surface area contributed by atoms with Crippen molar-refractivity contribution in [1.29, 1.82) is 0 Å². The van der Waals surface area contributed by atoms with E-state index in [9.17, 15) is 13.0 Å². The number of hydrazone groups is 1. The van der Waals surface area contributed by atoms with Crippen molar-refractivity contribution in [2.45, 2.75) is 32.2 Å². The lowest BCUT2D eigenvalue weighted by Crippen LogP contribution is -2.36. The summed E-state index contributed by atoms with van der Waals surface area (Å²) in [5, 5.41) is 8.27. The van der Waals surface area contributed by atoms with E-state index in [1.807, 2.05) is 6.21 Å². The monoisotopic (exact) mass is 441 g/mol. The van der Waals surface area contributed by atoms with Gasteiger partial charge in [-0.3, -0.25) is 9.19 Å². The molecule has 2 heterocycles. The van der Waals surface area contributed by atoms with Gasteiger partial charge in [0.2, 0.25) is 15.9 Å². The number of fused-ring (bicyclic) bond motifs is 2. The summed E-state index contributed by atoms with van der Waals surface area (Å²) in [7, 11) is -1.53. The van der Waals surface area contributed by atoms with E-state index in [1.165, 1.54) is 22.2 Å². The molecule has 0 saturated heterocycles. The molecular weight excluding hydrogens is 414 g/mol. The minimum Gasteiger partial charge on any atom is -0.726 e. The van der Waals surface area contributed by atoms with Crippen LogP contribution in [0.2, 0.25) is 0 Å². The van der Waals surface area contributed by atoms with E-state index >= 15 is 0 Å². The lowest BCUT2D eigenvalue weighted by atomic mass is 9.81. The molecule has 1 aromatic heterocycles. The minimum absolute atomic E-state index is 0.0825. The van der Waals surface area contributed by atoms with Gasteiger partial charge in [-0.1, -0.05) is 44.2 Å². The van der Waals surface area contributed by atoms with Crippen molar-refractivity contribution in [3.63, 3.8) is 0 Å². The van der Waals surface area contributed by atoms with Crippen LogP contribution in [-0.2, 0) is 27.0 Å². The Morgan fingerprint density at radius 3 is 2.42 bits per heavy atom. The summed E-state index contributed by atoms with van der Waals surface area (Å²) in [5.41, 5.74) is 5.01. The molecule has 8 heteroatoms. The average molecular weight is 442 g/mol. The SMILES string of the molecule is CC1N(/N=C/c2cc[n+](C)c3ccccc23)c2ccccc2C1(C)C.COS(=O)(=O)[O-]. The fourth-order valence-corrected chi connectivity index (χ4v) is 3.74. The van der Waals surface area contributed by atoms with Crippen LogP contribution in [-0.4, -0.2) is 32.3 Å². The van der Waals surface area contributed by atoms with Gasteiger partial charge in [-0.05, 0) is 24.6 Å². The van der Waals surface area contributed by atoms with Gasteiger partial charge in [0.1, 0.15) is 7.05 Å². The summed E-state index contributed by atoms with van der Waals surface area (Å²) in [4.78, 5) is 0. The van der Waals surface area contributed by atoms with Gasteiger partial charge in [0.05, 0.1) is 30.4 Å². The van der Waals surface area contributed by atoms with E-state index in [4.69, 9.17) is 5.10 Å². The van der Waals surface area contributed by atoms with Gasteiger partial charge < -0.3 is 4.55 Å². The maximum atomic E-state index is 9.22. The van der Waals surface area contributed by atoms with Gasteiger partial charge in [0, 0.05) is 23.1 Å². The predicted octanol–water partition coefficient (Wildman–Crippen LogP) is 3.28. The fourth-order valence-electron chi connectivity index (χ4n) is 3.74. The van der Waals surface area contributed by atoms with Crippen LogP contribution in [0.1, 0.15) is 31.9 Å². The Kier molecular flexibility index (Phi) is 6.45. The number of aromatic nitrogens is 1. The molecular formula is C23H27N3O4S. The Morgan fingerprint density at radius 2 is 1.74 bits per heavy atom. The van der Waals surface area contributed by atoms with Crippen LogP contribution in [0.15, 0.2) is 65.9 Å². The number of aryl methyl sites for hydroxylation is 1. The molecule has 0 radical (unpaired) electrons. The molecule has 2 aromatic carbocycles. The average Bonchev–Trinajstić information content (AvgIpc) is 2.94. The first-order valence-electron chi connectivity index (χ1n) is 9.88. The molecule has 31 heavy (non-hydrogen) atoms. The largest absolute Gasteiger partial charge is 0.726 e. The zero-order valence-corrected chi connectivity index (χ0v) is 19.1. The first-order valence-corrected chi connectivity index (χ1v) is 11.2. The molecule has 0 fully saturated rings. The van der Waals surface area contributed by atoms with Crippen LogP contribution in [0.3, 0.4) is 0 Å². The zero-order chi connectivity index (χ0) is 22.8. The Morgan fingerprint density at radius 1 is 1.13 bits per heavy atom. The van der Waals surface area contributed by atoms with Crippen LogP contribution in [0.25, 0.3) is 10.9 Å². The van der Waals surface area contributed by atoms with E-state index < -0.39 is 10.4 Å². The van der Waals surface area contributed by atoms with E-state index in [1.54, 1.807) is 0 Å². The molecule has 1 aliphatic heterocycles. The van der Waals surface area contributed by atoms with E-state index in [0.29, 0.717) is 6.04 Å². The third-order valence-corrected chi connectivity index (χ3v) is 6.26. The topological polar surface area (TPSA) is 85.9 Å². The standard InChI is InChI=1S/C22H24N3.CH4O4S/c1-16-22(2,3)19-10-6-8-12-21(19)25(16)23-15-17-13-14-24(4)20-11-7-5-9-18(17)20;1-5-6(2,3)4/h5-16H,1-4H3;1H3,(H,2,3,4)/q+1;/p-1. The Balaban J connectivity index is 0.000000401. The molecule has 7 nitrogen and oxygen atoms in total. The van der Waals surface area contributed by atoms with Gasteiger partial charge in [0.15, 0.2) is 6.20 Å². The summed E-state index contributed by atoms with van der Waals surface area (Å²) in [6, 6.07) is 19.5. The highest BCUT2D eigenvalue weighted by atomic mass is 32.3. The number of hydrogen-bond acceptors (Lipinski definition) is 6. The second-order valence-electron chi connectivity index (χ2n) is 7.98. The minimum atomic E-state index is -4.41. The summed E-state index contributed by atoms with van der Waals surface area (Å²) < 4.78 is 33.2. The van der Waals surface area contributed by atoms with Crippen molar-refractivity contribution < 1.29 is 21.7 Å². The molecule has 1 atom stereocenters. The molecule has 164 valence electrons. The molecule has 0 spiro atoms. The van der Waals surface area contributed by atoms with Crippen molar-refractivity contribution in [2.75, 3.05) is 12.1 Å². The highest BCUT2D eigenvalue weighted by molar-refractivity contribution is 7.80. The second-order valence-corrected chi connectivity index (χ2v) is 9.13. The quantitative estimate of drug-likeness (QED) is 0.269. The number of pyridine rings is 1. The van der Waals surface area contributed by atoms with E-state index in [2.05, 4.69) is 102 Å². The van der Waals surface area contributed by atoms with Crippen LogP contribution >= 0.6 is 0 Å². The van der Waals surface area contributed by atoms with Crippen molar-refractivity contribution in [3.8, 4) is 0 Å². The summed E-state index contributed by atoms with van der Waals surface area (Å²) in [5.74, 6) is 0. The predicted molar refractivity (Wildman–Crippen MR) is 121 cm³/mol. The number of rotatable bonds is 3. The van der Waals surface area contributed by atoms with Gasteiger partial charge in [-0.15, -0.1) is 0 Å². The van der Waals surface area contributed by atoms with Crippen molar-refractivity contribution in [1.82, 2.24) is 0 Å². The zero-order valence-electron chi connectivity index (χ0n) is 18.3. The lowest BCUT2D eigenvalue weighted by molar-refractivity contribution is -0.644. The van der Waals surface area contributed by atoms with Crippen molar-refractivity contribution in [3.05, 3.63) is 71.9 Å². The molecule has 0 amide bonds. The van der Waals surface area contributed by atoms with Gasteiger partial charge in [-0.25, -0.2) is 13.0 Å². The number of nitrogens with zero attached hydrogens (tertiary/aromatic N) is 3. The third kappa shape index (κ3) is 4.76. The number of anilines is 1. The molecule has 0 N–H and O–H groups in total. The van der Waals surface area contributed by atoms with Crippen molar-refractivity contribution >= 4 is 33.2 Å². The Labute approximate surface area is 183 Å². The fraction of sp³-hybridized carbons (Fsp3) is 0.304. The molecule has 3 aromatic rings. The highest BCUT2D eigenvalue weighted by Crippen LogP contribution is 2.44. The summed E-state index contributed by atoms with van der Waals surface area (Å²) in [6.45, 7) is 6.84. The Hall–Kier alpha value is -2.81. The summed E-state index contributed by atoms with van der Waals surface area (Å²) in [6.07, 6.45) is 4.09.